The van der Waals surface area contributed by atoms with Gasteiger partial charge in [0.1, 0.15) is 6.61 Å². The van der Waals surface area contributed by atoms with Crippen LogP contribution in [-0.4, -0.2) is 48.9 Å². The second kappa shape index (κ2) is 24.0. The number of unbranched alkanes of at least 4 members (excludes halogenated alkanes) is 11. The molecule has 0 aromatic rings. The van der Waals surface area contributed by atoms with Crippen LogP contribution in [0, 0.1) is 0 Å². The highest BCUT2D eigenvalue weighted by molar-refractivity contribution is 6.18. The Balaban J connectivity index is 3.36. The maximum absolute atomic E-state index is 11.8. The molecule has 172 valence electrons. The quantitative estimate of drug-likeness (QED) is 0.0748. The maximum Gasteiger partial charge on any atom is 0.305 e. The number of hydrogen-bond acceptors (Lipinski definition) is 3. The van der Waals surface area contributed by atoms with Gasteiger partial charge >= 0.3 is 5.97 Å². The van der Waals surface area contributed by atoms with Crippen molar-refractivity contribution in [2.24, 2.45) is 0 Å². The van der Waals surface area contributed by atoms with Gasteiger partial charge in [-0.1, -0.05) is 70.4 Å². The van der Waals surface area contributed by atoms with Gasteiger partial charge in [0.15, 0.2) is 0 Å². The van der Waals surface area contributed by atoms with E-state index in [0.29, 0.717) is 31.3 Å². The average Bonchev–Trinajstić information content (AvgIpc) is 2.71. The van der Waals surface area contributed by atoms with Crippen molar-refractivity contribution in [3.8, 4) is 0 Å². The Morgan fingerprint density at radius 1 is 0.759 bits per heavy atom. The molecule has 0 N–H and O–H groups in total. The first-order chi connectivity index (χ1) is 14.2. The van der Waals surface area contributed by atoms with Gasteiger partial charge in [-0.05, 0) is 32.1 Å². The molecular formula is C24H45Cl2NO2. The lowest BCUT2D eigenvalue weighted by Crippen LogP contribution is -2.31. The van der Waals surface area contributed by atoms with Gasteiger partial charge in [-0.3, -0.25) is 9.69 Å². The number of hydrogen-bond donors (Lipinski definition) is 0. The molecule has 0 heterocycles. The van der Waals surface area contributed by atoms with Crippen LogP contribution in [0.1, 0.15) is 96.8 Å². The van der Waals surface area contributed by atoms with E-state index >= 15 is 0 Å². The summed E-state index contributed by atoms with van der Waals surface area (Å²) < 4.78 is 5.31. The highest BCUT2D eigenvalue weighted by Gasteiger charge is 2.06. The van der Waals surface area contributed by atoms with Gasteiger partial charge in [0.25, 0.3) is 0 Å². The molecular weight excluding hydrogens is 405 g/mol. The van der Waals surface area contributed by atoms with Crippen molar-refractivity contribution in [3.63, 3.8) is 0 Å². The number of alkyl halides is 2. The van der Waals surface area contributed by atoms with Crippen LogP contribution in [0.4, 0.5) is 0 Å². The van der Waals surface area contributed by atoms with Crippen LogP contribution in [0.5, 0.6) is 0 Å². The lowest BCUT2D eigenvalue weighted by Gasteiger charge is -2.19. The van der Waals surface area contributed by atoms with Gasteiger partial charge in [0, 0.05) is 37.8 Å². The van der Waals surface area contributed by atoms with Crippen molar-refractivity contribution < 1.29 is 9.53 Å². The van der Waals surface area contributed by atoms with Gasteiger partial charge in [-0.25, -0.2) is 0 Å². The second-order valence-corrected chi connectivity index (χ2v) is 8.53. The first kappa shape index (κ1) is 28.8. The highest BCUT2D eigenvalue weighted by Crippen LogP contribution is 2.10. The Bertz CT molecular complexity index is 372. The molecule has 3 nitrogen and oxygen atoms in total. The largest absolute Gasteiger partial charge is 0.464 e. The molecule has 0 saturated heterocycles. The molecule has 0 atom stereocenters. The molecule has 0 saturated carbocycles. The summed E-state index contributed by atoms with van der Waals surface area (Å²) in [5.74, 6) is 1.05. The monoisotopic (exact) mass is 449 g/mol. The van der Waals surface area contributed by atoms with Crippen molar-refractivity contribution in [3.05, 3.63) is 12.2 Å². The SMILES string of the molecule is CCCCCCCC/C=C/CCCCCCCC(=O)OCCN(CCCl)CCCl. The molecule has 0 amide bonds. The Kier molecular flexibility index (Phi) is 23.8. The molecule has 0 aliphatic rings. The van der Waals surface area contributed by atoms with E-state index in [9.17, 15) is 4.79 Å². The zero-order valence-corrected chi connectivity index (χ0v) is 20.3. The zero-order chi connectivity index (χ0) is 21.4. The van der Waals surface area contributed by atoms with Gasteiger partial charge in [0.05, 0.1) is 0 Å². The van der Waals surface area contributed by atoms with Crippen molar-refractivity contribution >= 4 is 29.2 Å². The minimum Gasteiger partial charge on any atom is -0.464 e. The third-order valence-corrected chi connectivity index (χ3v) is 5.45. The van der Waals surface area contributed by atoms with Gasteiger partial charge in [-0.15, -0.1) is 23.2 Å². The van der Waals surface area contributed by atoms with Crippen LogP contribution >= 0.6 is 23.2 Å². The Hall–Kier alpha value is -0.250. The Morgan fingerprint density at radius 3 is 1.83 bits per heavy atom. The second-order valence-electron chi connectivity index (χ2n) is 7.77. The first-order valence-electron chi connectivity index (χ1n) is 11.9. The molecule has 0 rings (SSSR count). The van der Waals surface area contributed by atoms with Crippen LogP contribution < -0.4 is 0 Å². The number of carbonyl (C=O) groups is 1. The van der Waals surface area contributed by atoms with Crippen molar-refractivity contribution in [2.45, 2.75) is 96.8 Å². The lowest BCUT2D eigenvalue weighted by molar-refractivity contribution is -0.144. The molecule has 0 fully saturated rings. The summed E-state index contributed by atoms with van der Waals surface area (Å²) >= 11 is 11.5. The van der Waals surface area contributed by atoms with Gasteiger partial charge in [-0.2, -0.15) is 0 Å². The molecule has 0 aromatic carbocycles. The number of carbonyl (C=O) groups excluding carboxylic acids is 1. The molecule has 0 aliphatic heterocycles. The molecule has 0 unspecified atom stereocenters. The molecule has 5 heteroatoms. The fourth-order valence-electron chi connectivity index (χ4n) is 3.28. The van der Waals surface area contributed by atoms with Crippen LogP contribution in [0.3, 0.4) is 0 Å². The topological polar surface area (TPSA) is 29.5 Å². The number of esters is 1. The van der Waals surface area contributed by atoms with Crippen molar-refractivity contribution in [1.82, 2.24) is 4.90 Å². The Labute approximate surface area is 190 Å². The number of halogens is 2. The minimum absolute atomic E-state index is 0.0840. The van der Waals surface area contributed by atoms with E-state index in [1.54, 1.807) is 0 Å². The van der Waals surface area contributed by atoms with E-state index in [4.69, 9.17) is 27.9 Å². The molecule has 0 radical (unpaired) electrons. The van der Waals surface area contributed by atoms with Crippen LogP contribution in [0.15, 0.2) is 12.2 Å². The van der Waals surface area contributed by atoms with E-state index in [0.717, 1.165) is 25.9 Å². The van der Waals surface area contributed by atoms with Crippen LogP contribution in [0.25, 0.3) is 0 Å². The summed E-state index contributed by atoms with van der Waals surface area (Å²) in [7, 11) is 0. The zero-order valence-electron chi connectivity index (χ0n) is 18.8. The fraction of sp³-hybridized carbons (Fsp3) is 0.875. The molecule has 0 bridgehead atoms. The summed E-state index contributed by atoms with van der Waals surface area (Å²) in [6.07, 6.45) is 21.7. The van der Waals surface area contributed by atoms with Crippen LogP contribution in [-0.2, 0) is 9.53 Å². The number of allylic oxidation sites excluding steroid dienone is 2. The summed E-state index contributed by atoms with van der Waals surface area (Å²) in [4.78, 5) is 13.9. The Morgan fingerprint density at radius 2 is 1.28 bits per heavy atom. The summed E-state index contributed by atoms with van der Waals surface area (Å²) in [6, 6.07) is 0. The van der Waals surface area contributed by atoms with E-state index in [1.807, 2.05) is 0 Å². The number of rotatable bonds is 22. The van der Waals surface area contributed by atoms with Crippen LogP contribution in [0.2, 0.25) is 0 Å². The highest BCUT2D eigenvalue weighted by atomic mass is 35.5. The molecule has 0 aliphatic carbocycles. The fourth-order valence-corrected chi connectivity index (χ4v) is 3.75. The number of ether oxygens (including phenoxy) is 1. The van der Waals surface area contributed by atoms with E-state index in [2.05, 4.69) is 24.0 Å². The predicted octanol–water partition coefficient (Wildman–Crippen LogP) is 7.35. The predicted molar refractivity (Wildman–Crippen MR) is 128 cm³/mol. The number of nitrogens with zero attached hydrogens (tertiary/aromatic N) is 1. The van der Waals surface area contributed by atoms with Gasteiger partial charge < -0.3 is 4.74 Å². The smallest absolute Gasteiger partial charge is 0.305 e. The summed E-state index contributed by atoms with van der Waals surface area (Å²) in [5.41, 5.74) is 0. The average molecular weight is 451 g/mol. The molecule has 0 aromatic heterocycles. The summed E-state index contributed by atoms with van der Waals surface area (Å²) in [6.45, 7) is 4.95. The molecule has 0 spiro atoms. The van der Waals surface area contributed by atoms with Crippen molar-refractivity contribution in [2.75, 3.05) is 38.0 Å². The van der Waals surface area contributed by atoms with E-state index < -0.39 is 0 Å². The van der Waals surface area contributed by atoms with E-state index in [1.165, 1.54) is 70.6 Å². The molecule has 29 heavy (non-hydrogen) atoms. The third kappa shape index (κ3) is 22.3. The third-order valence-electron chi connectivity index (χ3n) is 5.11. The normalized spacial score (nSPS) is 11.6. The van der Waals surface area contributed by atoms with E-state index in [-0.39, 0.29) is 5.97 Å². The summed E-state index contributed by atoms with van der Waals surface area (Å²) in [5, 5.41) is 0. The standard InChI is InChI=1S/C24H45Cl2NO2/c1-2-3-4-5-6-7-8-9-10-11-12-13-14-15-16-17-24(28)29-23-22-27(20-18-25)21-19-26/h9-10H,2-8,11-23H2,1H3/b10-9+. The van der Waals surface area contributed by atoms with Crippen molar-refractivity contribution in [1.29, 1.82) is 0 Å². The lowest BCUT2D eigenvalue weighted by atomic mass is 10.1. The maximum atomic E-state index is 11.8. The minimum atomic E-state index is -0.0840. The van der Waals surface area contributed by atoms with Gasteiger partial charge in [0.2, 0.25) is 0 Å². The first-order valence-corrected chi connectivity index (χ1v) is 13.0.